The summed E-state index contributed by atoms with van der Waals surface area (Å²) in [4.78, 5) is 0. The lowest BCUT2D eigenvalue weighted by atomic mass is 10.0. The van der Waals surface area contributed by atoms with Crippen molar-refractivity contribution in [3.8, 4) is 17.6 Å². The topological polar surface area (TPSA) is 42.2 Å². The molecule has 0 heterocycles. The fourth-order valence-electron chi connectivity index (χ4n) is 3.25. The minimum Gasteiger partial charge on any atom is -0.490 e. The summed E-state index contributed by atoms with van der Waals surface area (Å²) in [6.07, 6.45) is 4.01. The van der Waals surface area contributed by atoms with Crippen molar-refractivity contribution in [2.45, 2.75) is 20.0 Å². The Kier molecular flexibility index (Phi) is 7.61. The minimum atomic E-state index is -0.436. The Bertz CT molecular complexity index is 1110. The van der Waals surface area contributed by atoms with Gasteiger partial charge in [-0.3, -0.25) is 0 Å². The van der Waals surface area contributed by atoms with Gasteiger partial charge in [0, 0.05) is 11.1 Å². The van der Waals surface area contributed by atoms with E-state index in [2.05, 4.69) is 12.6 Å². The zero-order valence-corrected chi connectivity index (χ0v) is 17.5. The van der Waals surface area contributed by atoms with Gasteiger partial charge in [0.1, 0.15) is 12.4 Å². The van der Waals surface area contributed by atoms with Crippen molar-refractivity contribution in [2.24, 2.45) is 0 Å². The van der Waals surface area contributed by atoms with Crippen LogP contribution >= 0.6 is 0 Å². The molecule has 0 spiro atoms. The monoisotopic (exact) mass is 413 g/mol. The minimum absolute atomic E-state index is 0.239. The molecule has 0 atom stereocenters. The molecule has 0 fully saturated rings. The van der Waals surface area contributed by atoms with Gasteiger partial charge in [-0.15, -0.1) is 6.58 Å². The molecule has 3 aromatic carbocycles. The Labute approximate surface area is 182 Å². The zero-order valence-electron chi connectivity index (χ0n) is 17.5. The van der Waals surface area contributed by atoms with Crippen LogP contribution in [0.15, 0.2) is 79.4 Å². The largest absolute Gasteiger partial charge is 0.490 e. The number of hydrogen-bond acceptors (Lipinski definition) is 3. The summed E-state index contributed by atoms with van der Waals surface area (Å²) < 4.78 is 26.2. The Morgan fingerprint density at radius 1 is 1.06 bits per heavy atom. The van der Waals surface area contributed by atoms with E-state index in [0.717, 1.165) is 16.7 Å². The van der Waals surface area contributed by atoms with E-state index < -0.39 is 5.82 Å². The zero-order chi connectivity index (χ0) is 22.1. The molecular formula is C27H24FNO2. The molecule has 0 aromatic heterocycles. The maximum Gasteiger partial charge on any atom is 0.165 e. The predicted octanol–water partition coefficient (Wildman–Crippen LogP) is 6.60. The van der Waals surface area contributed by atoms with E-state index in [4.69, 9.17) is 9.47 Å². The number of nitriles is 1. The van der Waals surface area contributed by atoms with Crippen molar-refractivity contribution >= 4 is 11.6 Å². The summed E-state index contributed by atoms with van der Waals surface area (Å²) in [5.74, 6) is 0.788. The van der Waals surface area contributed by atoms with E-state index in [1.54, 1.807) is 30.4 Å². The second kappa shape index (κ2) is 10.8. The normalized spacial score (nSPS) is 10.9. The lowest BCUT2D eigenvalue weighted by Crippen LogP contribution is -2.03. The molecule has 3 rings (SSSR count). The average molecular weight is 413 g/mol. The van der Waals surface area contributed by atoms with Crippen LogP contribution < -0.4 is 9.47 Å². The van der Waals surface area contributed by atoms with Gasteiger partial charge in [0.05, 0.1) is 18.2 Å². The van der Waals surface area contributed by atoms with Gasteiger partial charge in [0.15, 0.2) is 11.5 Å². The Morgan fingerprint density at radius 3 is 2.48 bits per heavy atom. The molecule has 0 aliphatic rings. The van der Waals surface area contributed by atoms with Crippen LogP contribution in [0, 0.1) is 17.1 Å². The van der Waals surface area contributed by atoms with Crippen LogP contribution in [0.4, 0.5) is 4.39 Å². The smallest absolute Gasteiger partial charge is 0.165 e. The maximum atomic E-state index is 14.2. The van der Waals surface area contributed by atoms with Crippen molar-refractivity contribution in [3.05, 3.63) is 107 Å². The van der Waals surface area contributed by atoms with Crippen LogP contribution in [0.1, 0.15) is 29.2 Å². The summed E-state index contributed by atoms with van der Waals surface area (Å²) in [5.41, 5.74) is 3.16. The predicted molar refractivity (Wildman–Crippen MR) is 122 cm³/mol. The molecule has 156 valence electrons. The second-order valence-corrected chi connectivity index (χ2v) is 6.86. The second-order valence-electron chi connectivity index (χ2n) is 6.86. The Morgan fingerprint density at radius 2 is 1.81 bits per heavy atom. The lowest BCUT2D eigenvalue weighted by Gasteiger charge is -2.17. The van der Waals surface area contributed by atoms with E-state index in [0.29, 0.717) is 31.1 Å². The van der Waals surface area contributed by atoms with Crippen molar-refractivity contribution in [3.63, 3.8) is 0 Å². The first-order valence-electron chi connectivity index (χ1n) is 10.1. The molecule has 0 aliphatic heterocycles. The van der Waals surface area contributed by atoms with E-state index in [1.807, 2.05) is 49.4 Å². The molecule has 3 aromatic rings. The molecule has 0 amide bonds. The molecule has 0 N–H and O–H groups in total. The number of halogens is 1. The van der Waals surface area contributed by atoms with E-state index >= 15 is 0 Å². The van der Waals surface area contributed by atoms with Gasteiger partial charge in [-0.05, 0) is 48.7 Å². The first-order valence-corrected chi connectivity index (χ1v) is 10.1. The highest BCUT2D eigenvalue weighted by Gasteiger charge is 2.14. The molecule has 0 aliphatic carbocycles. The van der Waals surface area contributed by atoms with E-state index in [1.165, 1.54) is 6.07 Å². The SMILES string of the molecule is C=CCc1cc(C=C(C#N)c2ccccc2F)cc(OCC)c1OCc1ccccc1. The summed E-state index contributed by atoms with van der Waals surface area (Å²) in [7, 11) is 0. The number of allylic oxidation sites excluding steroid dienone is 2. The third-order valence-corrected chi connectivity index (χ3v) is 4.64. The first-order chi connectivity index (χ1) is 15.2. The maximum absolute atomic E-state index is 14.2. The molecule has 4 heteroatoms. The van der Waals surface area contributed by atoms with Crippen molar-refractivity contribution in [2.75, 3.05) is 6.61 Å². The number of hydrogen-bond donors (Lipinski definition) is 0. The average Bonchev–Trinajstić information content (AvgIpc) is 2.78. The number of benzene rings is 3. The van der Waals surface area contributed by atoms with Crippen LogP contribution in [0.25, 0.3) is 11.6 Å². The highest BCUT2D eigenvalue weighted by Crippen LogP contribution is 2.36. The van der Waals surface area contributed by atoms with Gasteiger partial charge < -0.3 is 9.47 Å². The van der Waals surface area contributed by atoms with Crippen LogP contribution in [-0.2, 0) is 13.0 Å². The third kappa shape index (κ3) is 5.61. The van der Waals surface area contributed by atoms with Crippen molar-refractivity contribution in [1.82, 2.24) is 0 Å². The fraction of sp³-hybridized carbons (Fsp3) is 0.148. The molecule has 0 unspecified atom stereocenters. The van der Waals surface area contributed by atoms with Gasteiger partial charge in [-0.1, -0.05) is 54.6 Å². The summed E-state index contributed by atoms with van der Waals surface area (Å²) >= 11 is 0. The summed E-state index contributed by atoms with van der Waals surface area (Å²) in [5, 5.41) is 9.62. The third-order valence-electron chi connectivity index (χ3n) is 4.64. The highest BCUT2D eigenvalue weighted by molar-refractivity contribution is 5.90. The van der Waals surface area contributed by atoms with E-state index in [9.17, 15) is 9.65 Å². The summed E-state index contributed by atoms with van der Waals surface area (Å²) in [6, 6.07) is 22.0. The molecule has 3 nitrogen and oxygen atoms in total. The number of nitrogens with zero attached hydrogens (tertiary/aromatic N) is 1. The molecule has 0 saturated carbocycles. The highest BCUT2D eigenvalue weighted by atomic mass is 19.1. The quantitative estimate of drug-likeness (QED) is 0.226. The lowest BCUT2D eigenvalue weighted by molar-refractivity contribution is 0.267. The van der Waals surface area contributed by atoms with Crippen LogP contribution in [0.2, 0.25) is 0 Å². The molecule has 0 bridgehead atoms. The Balaban J connectivity index is 2.03. The Hall–Kier alpha value is -3.84. The summed E-state index contributed by atoms with van der Waals surface area (Å²) in [6.45, 7) is 6.60. The van der Waals surface area contributed by atoms with E-state index in [-0.39, 0.29) is 11.1 Å². The number of ether oxygens (including phenoxy) is 2. The fourth-order valence-corrected chi connectivity index (χ4v) is 3.25. The molecular weight excluding hydrogens is 389 g/mol. The van der Waals surface area contributed by atoms with Gasteiger partial charge in [0.25, 0.3) is 0 Å². The molecule has 0 radical (unpaired) electrons. The van der Waals surface area contributed by atoms with Crippen molar-refractivity contribution < 1.29 is 13.9 Å². The van der Waals surface area contributed by atoms with Crippen LogP contribution in [0.3, 0.4) is 0 Å². The first kappa shape index (κ1) is 21.9. The van der Waals surface area contributed by atoms with Crippen LogP contribution in [-0.4, -0.2) is 6.61 Å². The van der Waals surface area contributed by atoms with Crippen LogP contribution in [0.5, 0.6) is 11.5 Å². The molecule has 0 saturated heterocycles. The van der Waals surface area contributed by atoms with Gasteiger partial charge in [0.2, 0.25) is 0 Å². The van der Waals surface area contributed by atoms with Gasteiger partial charge in [-0.25, -0.2) is 4.39 Å². The standard InChI is InChI=1S/C27H24FNO2/c1-3-10-22-15-21(16-23(18-29)24-13-8-9-14-25(24)28)17-26(30-4-2)27(22)31-19-20-11-6-5-7-12-20/h3,5-9,11-17H,1,4,10,19H2,2H3. The van der Waals surface area contributed by atoms with Gasteiger partial charge >= 0.3 is 0 Å². The molecule has 31 heavy (non-hydrogen) atoms. The van der Waals surface area contributed by atoms with Crippen molar-refractivity contribution in [1.29, 1.82) is 5.26 Å². The van der Waals surface area contributed by atoms with Gasteiger partial charge in [-0.2, -0.15) is 5.26 Å². The number of rotatable bonds is 9.